The molecule has 0 amide bonds. The average Bonchev–Trinajstić information content (AvgIpc) is 3.60. The summed E-state index contributed by atoms with van der Waals surface area (Å²) in [5.41, 5.74) is 1.84. The summed E-state index contributed by atoms with van der Waals surface area (Å²) in [7, 11) is 3.49. The van der Waals surface area contributed by atoms with Gasteiger partial charge in [0, 0.05) is 18.4 Å². The second-order valence-electron chi connectivity index (χ2n) is 9.09. The summed E-state index contributed by atoms with van der Waals surface area (Å²) in [5.74, 6) is 2.73. The van der Waals surface area contributed by atoms with E-state index in [2.05, 4.69) is 39.3 Å². The third-order valence-electron chi connectivity index (χ3n) is 5.87. The van der Waals surface area contributed by atoms with Crippen molar-refractivity contribution >= 4 is 40.2 Å². The summed E-state index contributed by atoms with van der Waals surface area (Å²) in [5, 5.41) is 3.07. The molecule has 8 heteroatoms. The Labute approximate surface area is 233 Å². The fourth-order valence-corrected chi connectivity index (χ4v) is 5.26. The summed E-state index contributed by atoms with van der Waals surface area (Å²) >= 11 is 3.31. The van der Waals surface area contributed by atoms with Gasteiger partial charge < -0.3 is 9.15 Å². The van der Waals surface area contributed by atoms with Crippen LogP contribution in [0, 0.1) is 0 Å². The second-order valence-corrected chi connectivity index (χ2v) is 11.0. The molecule has 0 N–H and O–H groups in total. The summed E-state index contributed by atoms with van der Waals surface area (Å²) in [6, 6.07) is 12.1. The van der Waals surface area contributed by atoms with E-state index < -0.39 is 5.67 Å². The molecule has 0 radical (unpaired) electrons. The fourth-order valence-electron chi connectivity index (χ4n) is 3.49. The van der Waals surface area contributed by atoms with E-state index in [1.165, 1.54) is 0 Å². The number of aromatic nitrogens is 1. The fraction of sp³-hybridized carbons (Fsp3) is 0.333. The molecule has 0 spiro atoms. The zero-order valence-electron chi connectivity index (χ0n) is 23.1. The van der Waals surface area contributed by atoms with Gasteiger partial charge in [-0.05, 0) is 63.3 Å². The largest absolute Gasteiger partial charge is 0.495 e. The number of anilines is 1. The highest BCUT2D eigenvalue weighted by atomic mass is 32.2. The average molecular weight is 554 g/mol. The number of hydrogen-bond acceptors (Lipinski definition) is 6. The number of alkyl halides is 1. The normalized spacial score (nSPS) is 13.7. The molecule has 0 saturated carbocycles. The second kappa shape index (κ2) is 13.6. The number of benzene rings is 1. The highest BCUT2D eigenvalue weighted by Gasteiger charge is 2.24. The van der Waals surface area contributed by atoms with Crippen LogP contribution in [-0.4, -0.2) is 30.6 Å². The lowest BCUT2D eigenvalue weighted by Crippen LogP contribution is -2.30. The van der Waals surface area contributed by atoms with Crippen molar-refractivity contribution in [3.8, 4) is 5.75 Å². The van der Waals surface area contributed by atoms with Crippen LogP contribution in [0.3, 0.4) is 0 Å². The van der Waals surface area contributed by atoms with E-state index in [1.54, 1.807) is 63.3 Å². The molecule has 202 valence electrons. The van der Waals surface area contributed by atoms with Gasteiger partial charge in [-0.3, -0.25) is 9.89 Å². The van der Waals surface area contributed by atoms with Crippen molar-refractivity contribution in [2.24, 2.45) is 4.99 Å². The first-order chi connectivity index (χ1) is 18.2. The molecule has 3 rings (SSSR count). The molecule has 0 atom stereocenters. The number of para-hydroxylation sites is 2. The number of methoxy groups -OCH3 is 1. The van der Waals surface area contributed by atoms with Crippen LogP contribution in [-0.2, 0) is 5.75 Å². The number of aliphatic imine (C=N–C) groups is 1. The maximum atomic E-state index is 14.1. The van der Waals surface area contributed by atoms with Crippen LogP contribution in [0.2, 0.25) is 0 Å². The predicted octanol–water partition coefficient (Wildman–Crippen LogP) is 8.91. The van der Waals surface area contributed by atoms with Gasteiger partial charge in [-0.1, -0.05) is 43.4 Å². The number of hydrogen-bond donors (Lipinski definition) is 0. The topological polar surface area (TPSA) is 50.9 Å². The molecular formula is C30H36FN3O2S2. The van der Waals surface area contributed by atoms with E-state index in [4.69, 9.17) is 9.15 Å². The van der Waals surface area contributed by atoms with E-state index in [1.807, 2.05) is 50.4 Å². The number of rotatable bonds is 11. The number of ether oxygens (including phenoxy) is 1. The van der Waals surface area contributed by atoms with E-state index in [0.717, 1.165) is 44.9 Å². The van der Waals surface area contributed by atoms with Crippen molar-refractivity contribution in [1.82, 2.24) is 4.98 Å². The van der Waals surface area contributed by atoms with Crippen molar-refractivity contribution in [2.75, 3.05) is 19.1 Å². The monoisotopic (exact) mass is 553 g/mol. The SMILES string of the molecule is CCC=C(SCc1coc(C(C)=CC=C(C)C(C)(C)F)n1)N(C(=NC)c1cccs1)c1ccccc1OC. The van der Waals surface area contributed by atoms with Crippen LogP contribution in [0.5, 0.6) is 5.75 Å². The van der Waals surface area contributed by atoms with Crippen molar-refractivity contribution in [2.45, 2.75) is 52.5 Å². The number of allylic oxidation sites excluding steroid dienone is 5. The third kappa shape index (κ3) is 7.48. The van der Waals surface area contributed by atoms with Gasteiger partial charge in [0.25, 0.3) is 0 Å². The molecule has 0 bridgehead atoms. The van der Waals surface area contributed by atoms with Gasteiger partial charge in [-0.2, -0.15) is 0 Å². The number of thioether (sulfide) groups is 1. The molecule has 0 aliphatic heterocycles. The molecule has 0 saturated heterocycles. The Hall–Kier alpha value is -3.10. The highest BCUT2D eigenvalue weighted by molar-refractivity contribution is 8.02. The van der Waals surface area contributed by atoms with Gasteiger partial charge in [0.05, 0.1) is 28.4 Å². The van der Waals surface area contributed by atoms with E-state index in [-0.39, 0.29) is 0 Å². The first-order valence-corrected chi connectivity index (χ1v) is 14.3. The Morgan fingerprint density at radius 3 is 2.61 bits per heavy atom. The van der Waals surface area contributed by atoms with Crippen LogP contribution in [0.15, 0.2) is 86.3 Å². The van der Waals surface area contributed by atoms with Gasteiger partial charge in [0.15, 0.2) is 5.84 Å². The molecule has 1 aromatic carbocycles. The number of oxazole rings is 1. The maximum Gasteiger partial charge on any atom is 0.221 e. The quantitative estimate of drug-likeness (QED) is 0.135. The summed E-state index contributed by atoms with van der Waals surface area (Å²) in [6.45, 7) is 8.90. The van der Waals surface area contributed by atoms with Gasteiger partial charge in [0.1, 0.15) is 17.7 Å². The van der Waals surface area contributed by atoms with E-state index >= 15 is 0 Å². The lowest BCUT2D eigenvalue weighted by Gasteiger charge is -2.29. The zero-order valence-corrected chi connectivity index (χ0v) is 24.8. The lowest BCUT2D eigenvalue weighted by molar-refractivity contribution is 0.268. The van der Waals surface area contributed by atoms with Gasteiger partial charge in [0.2, 0.25) is 5.89 Å². The van der Waals surface area contributed by atoms with Crippen molar-refractivity contribution < 1.29 is 13.5 Å². The molecule has 3 aromatic rings. The first-order valence-electron chi connectivity index (χ1n) is 12.5. The molecule has 5 nitrogen and oxygen atoms in total. The Balaban J connectivity index is 1.91. The number of halogens is 1. The number of amidine groups is 1. The Kier molecular flexibility index (Phi) is 10.6. The lowest BCUT2D eigenvalue weighted by atomic mass is 10.0. The van der Waals surface area contributed by atoms with Crippen molar-refractivity contribution in [1.29, 1.82) is 0 Å². The molecule has 0 aliphatic carbocycles. The third-order valence-corrected chi connectivity index (χ3v) is 7.82. The standard InChI is InChI=1S/C30H36FN3O2S2/c1-8-12-27(38-20-23-19-36-29(33-23)21(2)16-17-22(3)30(4,5)31)34(24-13-9-10-14-25(24)35-7)28(32-6)26-15-11-18-37-26/h9-19H,8,20H2,1-7H3. The Morgan fingerprint density at radius 1 is 1.21 bits per heavy atom. The van der Waals surface area contributed by atoms with E-state index in [0.29, 0.717) is 17.2 Å². The molecule has 0 aliphatic rings. The van der Waals surface area contributed by atoms with Crippen LogP contribution < -0.4 is 9.64 Å². The number of thiophene rings is 1. The van der Waals surface area contributed by atoms with Crippen LogP contribution >= 0.6 is 23.1 Å². The molecule has 38 heavy (non-hydrogen) atoms. The van der Waals surface area contributed by atoms with Gasteiger partial charge in [-0.25, -0.2) is 9.37 Å². The smallest absolute Gasteiger partial charge is 0.221 e. The minimum atomic E-state index is -1.37. The minimum absolute atomic E-state index is 0.526. The maximum absolute atomic E-state index is 14.1. The van der Waals surface area contributed by atoms with E-state index in [9.17, 15) is 4.39 Å². The Morgan fingerprint density at radius 2 is 1.97 bits per heavy atom. The van der Waals surface area contributed by atoms with Crippen LogP contribution in [0.4, 0.5) is 10.1 Å². The van der Waals surface area contributed by atoms with Crippen molar-refractivity contribution in [3.63, 3.8) is 0 Å². The van der Waals surface area contributed by atoms with Crippen molar-refractivity contribution in [3.05, 3.63) is 93.3 Å². The molecule has 0 fully saturated rings. The zero-order chi connectivity index (χ0) is 27.7. The molecule has 2 aromatic heterocycles. The predicted molar refractivity (Wildman–Crippen MR) is 161 cm³/mol. The molecular weight excluding hydrogens is 517 g/mol. The van der Waals surface area contributed by atoms with Gasteiger partial charge in [-0.15, -0.1) is 23.1 Å². The van der Waals surface area contributed by atoms with Crippen LogP contribution in [0.25, 0.3) is 5.57 Å². The highest BCUT2D eigenvalue weighted by Crippen LogP contribution is 2.37. The first kappa shape index (κ1) is 29.5. The van der Waals surface area contributed by atoms with Crippen LogP contribution in [0.1, 0.15) is 57.5 Å². The Bertz CT molecular complexity index is 1320. The summed E-state index contributed by atoms with van der Waals surface area (Å²) in [4.78, 5) is 12.6. The molecule has 0 unspecified atom stereocenters. The minimum Gasteiger partial charge on any atom is -0.495 e. The molecule has 2 heterocycles. The van der Waals surface area contributed by atoms with Gasteiger partial charge >= 0.3 is 0 Å². The summed E-state index contributed by atoms with van der Waals surface area (Å²) < 4.78 is 25.6. The summed E-state index contributed by atoms with van der Waals surface area (Å²) in [6.07, 6.45) is 8.33. The number of nitrogens with zero attached hydrogens (tertiary/aromatic N) is 3.